The van der Waals surface area contributed by atoms with Gasteiger partial charge in [0.15, 0.2) is 0 Å². The van der Waals surface area contributed by atoms with Gasteiger partial charge in [-0.15, -0.1) is 0 Å². The molecule has 1 saturated heterocycles. The fraction of sp³-hybridized carbons (Fsp3) is 0.211. The van der Waals surface area contributed by atoms with E-state index in [0.717, 1.165) is 41.7 Å². The summed E-state index contributed by atoms with van der Waals surface area (Å²) in [7, 11) is 0. The predicted octanol–water partition coefficient (Wildman–Crippen LogP) is 3.23. The SMILES string of the molecule is O=CN1CCN(c2nc(-c3ccc(Cl)cc3)c3ccccc3n2)CC1. The molecule has 0 N–H and O–H groups in total. The summed E-state index contributed by atoms with van der Waals surface area (Å²) in [5.41, 5.74) is 2.82. The highest BCUT2D eigenvalue weighted by molar-refractivity contribution is 6.30. The summed E-state index contributed by atoms with van der Waals surface area (Å²) >= 11 is 6.02. The summed E-state index contributed by atoms with van der Waals surface area (Å²) in [6, 6.07) is 15.7. The summed E-state index contributed by atoms with van der Waals surface area (Å²) in [5, 5.41) is 1.72. The Hall–Kier alpha value is -2.66. The van der Waals surface area contributed by atoms with Crippen LogP contribution < -0.4 is 4.90 Å². The molecule has 1 fully saturated rings. The van der Waals surface area contributed by atoms with Gasteiger partial charge in [0, 0.05) is 42.2 Å². The van der Waals surface area contributed by atoms with Gasteiger partial charge in [0.1, 0.15) is 0 Å². The molecule has 5 nitrogen and oxygen atoms in total. The van der Waals surface area contributed by atoms with Crippen molar-refractivity contribution in [1.29, 1.82) is 0 Å². The molecular formula is C19H17ClN4O. The van der Waals surface area contributed by atoms with Gasteiger partial charge in [-0.25, -0.2) is 9.97 Å². The Balaban J connectivity index is 1.79. The number of amides is 1. The number of rotatable bonds is 3. The zero-order valence-electron chi connectivity index (χ0n) is 13.6. The molecule has 0 aliphatic carbocycles. The van der Waals surface area contributed by atoms with Crippen LogP contribution in [0.1, 0.15) is 0 Å². The van der Waals surface area contributed by atoms with Crippen LogP contribution in [0.15, 0.2) is 48.5 Å². The van der Waals surface area contributed by atoms with Crippen LogP contribution in [-0.4, -0.2) is 47.5 Å². The molecule has 1 aromatic heterocycles. The lowest BCUT2D eigenvalue weighted by Gasteiger charge is -2.32. The second-order valence-electron chi connectivity index (χ2n) is 6.02. The van der Waals surface area contributed by atoms with E-state index < -0.39 is 0 Å². The maximum absolute atomic E-state index is 10.9. The van der Waals surface area contributed by atoms with Crippen molar-refractivity contribution in [3.05, 3.63) is 53.6 Å². The first kappa shape index (κ1) is 15.8. The monoisotopic (exact) mass is 352 g/mol. The fourth-order valence-electron chi connectivity index (χ4n) is 3.06. The molecule has 0 unspecified atom stereocenters. The average Bonchev–Trinajstić information content (AvgIpc) is 2.68. The average molecular weight is 353 g/mol. The Kier molecular flexibility index (Phi) is 4.24. The molecule has 2 heterocycles. The molecule has 1 amide bonds. The number of benzene rings is 2. The maximum Gasteiger partial charge on any atom is 0.226 e. The van der Waals surface area contributed by atoms with E-state index in [1.165, 1.54) is 0 Å². The Morgan fingerprint density at radius 2 is 1.64 bits per heavy atom. The molecule has 0 saturated carbocycles. The van der Waals surface area contributed by atoms with Crippen molar-refractivity contribution in [3.8, 4) is 11.3 Å². The third-order valence-corrected chi connectivity index (χ3v) is 4.71. The number of fused-ring (bicyclic) bond motifs is 1. The summed E-state index contributed by atoms with van der Waals surface area (Å²) in [5.74, 6) is 0.703. The molecule has 1 aliphatic rings. The quantitative estimate of drug-likeness (QED) is 0.679. The van der Waals surface area contributed by atoms with Crippen molar-refractivity contribution >= 4 is 34.9 Å². The zero-order valence-corrected chi connectivity index (χ0v) is 14.4. The van der Waals surface area contributed by atoms with Crippen LogP contribution in [0.5, 0.6) is 0 Å². The van der Waals surface area contributed by atoms with E-state index >= 15 is 0 Å². The van der Waals surface area contributed by atoms with Crippen molar-refractivity contribution in [1.82, 2.24) is 14.9 Å². The molecule has 3 aromatic rings. The Morgan fingerprint density at radius 1 is 0.920 bits per heavy atom. The number of aromatic nitrogens is 2. The largest absolute Gasteiger partial charge is 0.342 e. The van der Waals surface area contributed by atoms with Crippen LogP contribution in [0, 0.1) is 0 Å². The van der Waals surface area contributed by atoms with Crippen molar-refractivity contribution in [2.24, 2.45) is 0 Å². The number of hydrogen-bond acceptors (Lipinski definition) is 4. The van der Waals surface area contributed by atoms with E-state index in [4.69, 9.17) is 21.6 Å². The number of hydrogen-bond donors (Lipinski definition) is 0. The minimum Gasteiger partial charge on any atom is -0.342 e. The van der Waals surface area contributed by atoms with Gasteiger partial charge in [0.2, 0.25) is 12.4 Å². The second-order valence-corrected chi connectivity index (χ2v) is 6.46. The first-order valence-electron chi connectivity index (χ1n) is 8.21. The minimum atomic E-state index is 0.690. The number of nitrogens with zero attached hydrogens (tertiary/aromatic N) is 4. The molecule has 2 aromatic carbocycles. The van der Waals surface area contributed by atoms with E-state index in [1.807, 2.05) is 48.5 Å². The third-order valence-electron chi connectivity index (χ3n) is 4.46. The highest BCUT2D eigenvalue weighted by Crippen LogP contribution is 2.29. The number of para-hydroxylation sites is 1. The number of halogens is 1. The number of piperazine rings is 1. The second kappa shape index (κ2) is 6.69. The number of carbonyl (C=O) groups is 1. The maximum atomic E-state index is 10.9. The lowest BCUT2D eigenvalue weighted by Crippen LogP contribution is -2.46. The van der Waals surface area contributed by atoms with Gasteiger partial charge in [-0.3, -0.25) is 4.79 Å². The minimum absolute atomic E-state index is 0.690. The summed E-state index contributed by atoms with van der Waals surface area (Å²) < 4.78 is 0. The summed E-state index contributed by atoms with van der Waals surface area (Å²) in [6.45, 7) is 2.85. The van der Waals surface area contributed by atoms with Gasteiger partial charge in [0.25, 0.3) is 0 Å². The highest BCUT2D eigenvalue weighted by Gasteiger charge is 2.19. The molecule has 4 rings (SSSR count). The predicted molar refractivity (Wildman–Crippen MR) is 99.8 cm³/mol. The van der Waals surface area contributed by atoms with E-state index in [9.17, 15) is 4.79 Å². The molecule has 0 radical (unpaired) electrons. The summed E-state index contributed by atoms with van der Waals surface area (Å²) in [6.07, 6.45) is 0.901. The lowest BCUT2D eigenvalue weighted by atomic mass is 10.1. The Labute approximate surface area is 150 Å². The van der Waals surface area contributed by atoms with Crippen LogP contribution in [0.2, 0.25) is 5.02 Å². The Bertz CT molecular complexity index is 905. The van der Waals surface area contributed by atoms with Crippen molar-refractivity contribution in [3.63, 3.8) is 0 Å². The third kappa shape index (κ3) is 3.15. The molecular weight excluding hydrogens is 336 g/mol. The zero-order chi connectivity index (χ0) is 17.2. The van der Waals surface area contributed by atoms with Crippen LogP contribution in [-0.2, 0) is 4.79 Å². The van der Waals surface area contributed by atoms with E-state index in [2.05, 4.69) is 4.90 Å². The smallest absolute Gasteiger partial charge is 0.226 e. The van der Waals surface area contributed by atoms with Gasteiger partial charge >= 0.3 is 0 Å². The number of carbonyl (C=O) groups excluding carboxylic acids is 1. The molecule has 6 heteroatoms. The Morgan fingerprint density at radius 3 is 2.36 bits per heavy atom. The van der Waals surface area contributed by atoms with Crippen molar-refractivity contribution < 1.29 is 4.79 Å². The van der Waals surface area contributed by atoms with Gasteiger partial charge < -0.3 is 9.80 Å². The topological polar surface area (TPSA) is 49.3 Å². The van der Waals surface area contributed by atoms with Gasteiger partial charge in [-0.05, 0) is 18.2 Å². The molecule has 0 spiro atoms. The lowest BCUT2D eigenvalue weighted by molar-refractivity contribution is -0.118. The first-order valence-corrected chi connectivity index (χ1v) is 8.59. The van der Waals surface area contributed by atoms with Gasteiger partial charge in [0.05, 0.1) is 11.2 Å². The molecule has 25 heavy (non-hydrogen) atoms. The van der Waals surface area contributed by atoms with Crippen LogP contribution in [0.25, 0.3) is 22.2 Å². The van der Waals surface area contributed by atoms with Gasteiger partial charge in [-0.2, -0.15) is 0 Å². The first-order chi connectivity index (χ1) is 12.2. The van der Waals surface area contributed by atoms with Crippen LogP contribution >= 0.6 is 11.6 Å². The van der Waals surface area contributed by atoms with Crippen LogP contribution in [0.3, 0.4) is 0 Å². The molecule has 1 aliphatic heterocycles. The van der Waals surface area contributed by atoms with Crippen LogP contribution in [0.4, 0.5) is 5.95 Å². The standard InChI is InChI=1S/C19H17ClN4O/c20-15-7-5-14(6-8-15)18-16-3-1-2-4-17(16)21-19(22-18)24-11-9-23(13-25)10-12-24/h1-8,13H,9-12H2. The van der Waals surface area contributed by atoms with Gasteiger partial charge in [-0.1, -0.05) is 41.9 Å². The molecule has 0 atom stereocenters. The molecule has 126 valence electrons. The molecule has 0 bridgehead atoms. The van der Waals surface area contributed by atoms with Crippen molar-refractivity contribution in [2.45, 2.75) is 0 Å². The highest BCUT2D eigenvalue weighted by atomic mass is 35.5. The van der Waals surface area contributed by atoms with Crippen molar-refractivity contribution in [2.75, 3.05) is 31.1 Å². The van der Waals surface area contributed by atoms with E-state index in [0.29, 0.717) is 24.1 Å². The fourth-order valence-corrected chi connectivity index (χ4v) is 3.19. The number of anilines is 1. The van der Waals surface area contributed by atoms with E-state index in [1.54, 1.807) is 4.90 Å². The summed E-state index contributed by atoms with van der Waals surface area (Å²) in [4.78, 5) is 24.4. The van der Waals surface area contributed by atoms with E-state index in [-0.39, 0.29) is 0 Å². The normalized spacial score (nSPS) is 14.8.